The van der Waals surface area contributed by atoms with E-state index in [0.29, 0.717) is 12.1 Å². The Morgan fingerprint density at radius 2 is 2.00 bits per heavy atom. The van der Waals surface area contributed by atoms with Gasteiger partial charge in [-0.25, -0.2) is 4.79 Å². The minimum Gasteiger partial charge on any atom is -0.496 e. The molecule has 1 amide bonds. The van der Waals surface area contributed by atoms with Crippen molar-refractivity contribution in [3.8, 4) is 5.75 Å². The zero-order valence-electron chi connectivity index (χ0n) is 11.9. The molecule has 0 heterocycles. The van der Waals surface area contributed by atoms with Crippen LogP contribution >= 0.6 is 24.0 Å². The normalized spacial score (nSPS) is 11.0. The molecule has 0 aliphatic carbocycles. The molecule has 6 nitrogen and oxygen atoms in total. The summed E-state index contributed by atoms with van der Waals surface area (Å²) >= 11 is 5.89. The lowest BCUT2D eigenvalue weighted by atomic mass is 10.1. The van der Waals surface area contributed by atoms with Crippen LogP contribution in [0.5, 0.6) is 5.75 Å². The highest BCUT2D eigenvalue weighted by atomic mass is 35.5. The van der Waals surface area contributed by atoms with Crippen molar-refractivity contribution in [2.45, 2.75) is 19.4 Å². The Labute approximate surface area is 134 Å². The highest BCUT2D eigenvalue weighted by molar-refractivity contribution is 6.33. The fourth-order valence-electron chi connectivity index (χ4n) is 1.62. The zero-order chi connectivity index (χ0) is 15.3. The number of methoxy groups -OCH3 is 2. The summed E-state index contributed by atoms with van der Waals surface area (Å²) in [6, 6.07) is 2.12. The summed E-state index contributed by atoms with van der Waals surface area (Å²) in [6.45, 7) is 1.76. The van der Waals surface area contributed by atoms with Crippen molar-refractivity contribution in [1.29, 1.82) is 0 Å². The maximum absolute atomic E-state index is 12.2. The summed E-state index contributed by atoms with van der Waals surface area (Å²) in [7, 11) is 2.68. The lowest BCUT2D eigenvalue weighted by molar-refractivity contribution is -0.142. The number of carbonyl (C=O) groups excluding carboxylic acids is 2. The second-order valence-electron chi connectivity index (χ2n) is 4.03. The summed E-state index contributed by atoms with van der Waals surface area (Å²) < 4.78 is 9.70. The summed E-state index contributed by atoms with van der Waals surface area (Å²) in [5.74, 6) is -0.716. The van der Waals surface area contributed by atoms with E-state index in [9.17, 15) is 9.59 Å². The first-order chi connectivity index (χ1) is 9.44. The van der Waals surface area contributed by atoms with Gasteiger partial charge in [-0.2, -0.15) is 0 Å². The van der Waals surface area contributed by atoms with Gasteiger partial charge in [0.05, 0.1) is 30.5 Å². The number of esters is 1. The van der Waals surface area contributed by atoms with Gasteiger partial charge in [-0.05, 0) is 12.5 Å². The van der Waals surface area contributed by atoms with Gasteiger partial charge in [0.15, 0.2) is 0 Å². The third-order valence-corrected chi connectivity index (χ3v) is 3.09. The smallest absolute Gasteiger partial charge is 0.328 e. The van der Waals surface area contributed by atoms with Crippen LogP contribution in [0.1, 0.15) is 23.7 Å². The molecule has 0 aromatic heterocycles. The average molecular weight is 337 g/mol. The molecule has 1 aromatic rings. The molecule has 8 heteroatoms. The fraction of sp³-hybridized carbons (Fsp3) is 0.385. The van der Waals surface area contributed by atoms with Gasteiger partial charge in [-0.1, -0.05) is 18.5 Å². The molecular weight excluding hydrogens is 319 g/mol. The molecule has 21 heavy (non-hydrogen) atoms. The van der Waals surface area contributed by atoms with E-state index in [4.69, 9.17) is 22.1 Å². The molecule has 3 N–H and O–H groups in total. The van der Waals surface area contributed by atoms with Gasteiger partial charge in [0.2, 0.25) is 0 Å². The van der Waals surface area contributed by atoms with Gasteiger partial charge < -0.3 is 20.5 Å². The van der Waals surface area contributed by atoms with Crippen molar-refractivity contribution in [3.05, 3.63) is 22.7 Å². The minimum absolute atomic E-state index is 0. The van der Waals surface area contributed by atoms with Crippen LogP contribution in [-0.2, 0) is 9.53 Å². The molecule has 0 fully saturated rings. The van der Waals surface area contributed by atoms with Crippen LogP contribution in [0.25, 0.3) is 0 Å². The summed E-state index contributed by atoms with van der Waals surface area (Å²) in [5, 5.41) is 2.80. The number of ether oxygens (including phenoxy) is 2. The molecule has 0 saturated heterocycles. The number of benzene rings is 1. The lowest BCUT2D eigenvalue weighted by Crippen LogP contribution is -2.41. The van der Waals surface area contributed by atoms with Crippen LogP contribution in [0.3, 0.4) is 0 Å². The molecule has 0 bridgehead atoms. The number of amides is 1. The standard InChI is InChI=1S/C13H17ClN2O4.ClH/c1-4-10(13(18)20-3)16-12(17)7-5-8(14)9(15)6-11(7)19-2;/h5-6,10H,4,15H2,1-3H3,(H,16,17);1H. The van der Waals surface area contributed by atoms with Crippen LogP contribution in [0.2, 0.25) is 5.02 Å². The van der Waals surface area contributed by atoms with Crippen LogP contribution in [-0.4, -0.2) is 32.1 Å². The number of nitrogen functional groups attached to an aromatic ring is 1. The van der Waals surface area contributed by atoms with E-state index >= 15 is 0 Å². The van der Waals surface area contributed by atoms with Gasteiger partial charge in [-0.3, -0.25) is 4.79 Å². The third kappa shape index (κ3) is 4.68. The van der Waals surface area contributed by atoms with Gasteiger partial charge in [0.25, 0.3) is 5.91 Å². The zero-order valence-corrected chi connectivity index (χ0v) is 13.5. The minimum atomic E-state index is -0.728. The number of halogens is 2. The van der Waals surface area contributed by atoms with Gasteiger partial charge in [0.1, 0.15) is 11.8 Å². The van der Waals surface area contributed by atoms with E-state index in [1.54, 1.807) is 6.92 Å². The molecule has 1 aromatic carbocycles. The van der Waals surface area contributed by atoms with Gasteiger partial charge >= 0.3 is 5.97 Å². The number of anilines is 1. The van der Waals surface area contributed by atoms with Crippen LogP contribution < -0.4 is 15.8 Å². The summed E-state index contributed by atoms with van der Waals surface area (Å²) in [4.78, 5) is 23.7. The highest BCUT2D eigenvalue weighted by Crippen LogP contribution is 2.28. The Morgan fingerprint density at radius 3 is 2.48 bits per heavy atom. The lowest BCUT2D eigenvalue weighted by Gasteiger charge is -2.16. The number of rotatable bonds is 5. The van der Waals surface area contributed by atoms with E-state index in [1.165, 1.54) is 26.4 Å². The molecule has 1 rings (SSSR count). The van der Waals surface area contributed by atoms with Crippen molar-refractivity contribution in [2.24, 2.45) is 0 Å². The van der Waals surface area contributed by atoms with Crippen molar-refractivity contribution in [2.75, 3.05) is 20.0 Å². The largest absolute Gasteiger partial charge is 0.496 e. The topological polar surface area (TPSA) is 90.7 Å². The second-order valence-corrected chi connectivity index (χ2v) is 4.44. The highest BCUT2D eigenvalue weighted by Gasteiger charge is 2.22. The Bertz CT molecular complexity index is 523. The predicted molar refractivity (Wildman–Crippen MR) is 83.2 cm³/mol. The molecule has 0 aliphatic rings. The number of hydrogen-bond acceptors (Lipinski definition) is 5. The quantitative estimate of drug-likeness (QED) is 0.634. The molecule has 1 unspecified atom stereocenters. The summed E-state index contributed by atoms with van der Waals surface area (Å²) in [5.41, 5.74) is 6.15. The Morgan fingerprint density at radius 1 is 1.38 bits per heavy atom. The van der Waals surface area contributed by atoms with E-state index in [1.807, 2.05) is 0 Å². The molecular formula is C13H18Cl2N2O4. The first-order valence-corrected chi connectivity index (χ1v) is 6.34. The molecule has 0 radical (unpaired) electrons. The number of carbonyl (C=O) groups is 2. The average Bonchev–Trinajstić information content (AvgIpc) is 2.45. The monoisotopic (exact) mass is 336 g/mol. The van der Waals surface area contributed by atoms with E-state index in [-0.39, 0.29) is 28.7 Å². The van der Waals surface area contributed by atoms with E-state index < -0.39 is 17.9 Å². The number of nitrogens with two attached hydrogens (primary N) is 1. The maximum atomic E-state index is 12.2. The van der Waals surface area contributed by atoms with Crippen molar-refractivity contribution in [1.82, 2.24) is 5.32 Å². The molecule has 118 valence electrons. The van der Waals surface area contributed by atoms with Crippen LogP contribution in [0.15, 0.2) is 12.1 Å². The molecule has 0 aliphatic heterocycles. The Kier molecular flexibility index (Phi) is 7.91. The number of hydrogen-bond donors (Lipinski definition) is 2. The van der Waals surface area contributed by atoms with Crippen molar-refractivity contribution in [3.63, 3.8) is 0 Å². The van der Waals surface area contributed by atoms with E-state index in [0.717, 1.165) is 0 Å². The second kappa shape index (κ2) is 8.59. The molecule has 0 spiro atoms. The van der Waals surface area contributed by atoms with Crippen LogP contribution in [0, 0.1) is 0 Å². The van der Waals surface area contributed by atoms with Gasteiger partial charge in [0, 0.05) is 6.07 Å². The molecule has 1 atom stereocenters. The predicted octanol–water partition coefficient (Wildman–Crippen LogP) is 2.03. The third-order valence-electron chi connectivity index (χ3n) is 2.76. The number of nitrogens with one attached hydrogen (secondary N) is 1. The Hall–Kier alpha value is -1.66. The van der Waals surface area contributed by atoms with Gasteiger partial charge in [-0.15, -0.1) is 12.4 Å². The maximum Gasteiger partial charge on any atom is 0.328 e. The molecule has 0 saturated carbocycles. The summed E-state index contributed by atoms with van der Waals surface area (Å²) in [6.07, 6.45) is 0.406. The first kappa shape index (κ1) is 19.3. The van der Waals surface area contributed by atoms with Crippen molar-refractivity contribution < 1.29 is 19.1 Å². The fourth-order valence-corrected chi connectivity index (χ4v) is 1.79. The first-order valence-electron chi connectivity index (χ1n) is 5.96. The SMILES string of the molecule is CCC(NC(=O)c1cc(Cl)c(N)cc1OC)C(=O)OC.Cl. The van der Waals surface area contributed by atoms with Crippen LogP contribution in [0.4, 0.5) is 5.69 Å². The Balaban J connectivity index is 0.00000400. The van der Waals surface area contributed by atoms with E-state index in [2.05, 4.69) is 10.1 Å². The van der Waals surface area contributed by atoms with Crippen molar-refractivity contribution >= 4 is 41.6 Å².